The summed E-state index contributed by atoms with van der Waals surface area (Å²) in [5, 5.41) is 12.6. The van der Waals surface area contributed by atoms with Crippen molar-refractivity contribution in [3.8, 4) is 0 Å². The second-order valence-corrected chi connectivity index (χ2v) is 8.97. The number of nitrogens with zero attached hydrogens (tertiary/aromatic N) is 1. The minimum absolute atomic E-state index is 0.177. The summed E-state index contributed by atoms with van der Waals surface area (Å²) in [7, 11) is 0. The molecule has 1 heterocycles. The van der Waals surface area contributed by atoms with Crippen molar-refractivity contribution in [3.63, 3.8) is 0 Å². The summed E-state index contributed by atoms with van der Waals surface area (Å²) in [6.45, 7) is 0.380. The van der Waals surface area contributed by atoms with Crippen LogP contribution in [0.4, 0.5) is 0 Å². The van der Waals surface area contributed by atoms with E-state index in [2.05, 4.69) is 0 Å². The lowest BCUT2D eigenvalue weighted by molar-refractivity contribution is -0.0314. The molecule has 4 rings (SSSR count). The number of aliphatic hydroxyl groups is 1. The number of halogens is 1. The highest BCUT2D eigenvalue weighted by Gasteiger charge is 2.48. The van der Waals surface area contributed by atoms with Gasteiger partial charge in [0.05, 0.1) is 4.91 Å². The van der Waals surface area contributed by atoms with Crippen LogP contribution in [-0.4, -0.2) is 20.1 Å². The van der Waals surface area contributed by atoms with E-state index in [-0.39, 0.29) is 5.78 Å². The van der Waals surface area contributed by atoms with Crippen LogP contribution in [0, 0.1) is 0 Å². The van der Waals surface area contributed by atoms with Crippen LogP contribution in [-0.2, 0) is 12.3 Å². The first-order chi connectivity index (χ1) is 14.5. The zero-order valence-electron chi connectivity index (χ0n) is 15.9. The predicted octanol–water partition coefficient (Wildman–Crippen LogP) is 5.79. The molecule has 3 nitrogen and oxygen atoms in total. The van der Waals surface area contributed by atoms with Crippen LogP contribution in [0.15, 0.2) is 95.9 Å². The minimum Gasteiger partial charge on any atom is -0.363 e. The summed E-state index contributed by atoms with van der Waals surface area (Å²) in [4.78, 5) is 15.1. The van der Waals surface area contributed by atoms with E-state index in [4.69, 9.17) is 23.8 Å². The molecule has 0 aromatic heterocycles. The summed E-state index contributed by atoms with van der Waals surface area (Å²) in [5.41, 5.74) is 0.626. The highest BCUT2D eigenvalue weighted by atomic mass is 35.5. The van der Waals surface area contributed by atoms with Crippen molar-refractivity contribution >= 4 is 45.7 Å². The molecule has 0 radical (unpaired) electrons. The molecule has 3 aromatic rings. The Morgan fingerprint density at radius 3 is 2.23 bits per heavy atom. The number of hydrogen-bond donors (Lipinski definition) is 1. The summed E-state index contributed by atoms with van der Waals surface area (Å²) < 4.78 is 0.503. The Morgan fingerprint density at radius 1 is 1.00 bits per heavy atom. The van der Waals surface area contributed by atoms with Crippen LogP contribution in [0.1, 0.15) is 21.5 Å². The number of benzene rings is 3. The van der Waals surface area contributed by atoms with Crippen molar-refractivity contribution in [3.05, 3.63) is 118 Å². The van der Waals surface area contributed by atoms with Crippen LogP contribution in [0.2, 0.25) is 5.02 Å². The molecule has 0 bridgehead atoms. The maximum absolute atomic E-state index is 12.9. The number of carbonyl (C=O) groups excluding carboxylic acids is 1. The van der Waals surface area contributed by atoms with Gasteiger partial charge in [-0.2, -0.15) is 0 Å². The number of allylic oxidation sites excluding steroid dienone is 1. The van der Waals surface area contributed by atoms with Crippen LogP contribution < -0.4 is 0 Å². The molecule has 1 atom stereocenters. The summed E-state index contributed by atoms with van der Waals surface area (Å²) in [6.07, 6.45) is 1.49. The average molecular weight is 452 g/mol. The van der Waals surface area contributed by atoms with Crippen LogP contribution in [0.5, 0.6) is 0 Å². The van der Waals surface area contributed by atoms with Gasteiger partial charge in [-0.1, -0.05) is 108 Å². The molecule has 30 heavy (non-hydrogen) atoms. The number of ketones is 1. The SMILES string of the molecule is O=C(/C=C1\SC(=S)N(Cc2ccc(Cl)cc2)C1(O)c1ccccc1)c1ccccc1. The van der Waals surface area contributed by atoms with E-state index in [9.17, 15) is 9.90 Å². The Labute approximate surface area is 190 Å². The minimum atomic E-state index is -1.53. The fraction of sp³-hybridized carbons (Fsp3) is 0.0833. The molecular formula is C24H18ClNO2S2. The van der Waals surface area contributed by atoms with Crippen molar-refractivity contribution in [2.45, 2.75) is 12.3 Å². The Bertz CT molecular complexity index is 1100. The van der Waals surface area contributed by atoms with Gasteiger partial charge < -0.3 is 10.0 Å². The van der Waals surface area contributed by atoms with E-state index in [1.54, 1.807) is 29.2 Å². The van der Waals surface area contributed by atoms with Gasteiger partial charge in [0, 0.05) is 28.8 Å². The molecular weight excluding hydrogens is 434 g/mol. The molecule has 1 aliphatic heterocycles. The third-order valence-corrected chi connectivity index (χ3v) is 6.64. The number of rotatable bonds is 5. The monoisotopic (exact) mass is 451 g/mol. The molecule has 1 saturated heterocycles. The lowest BCUT2D eigenvalue weighted by atomic mass is 9.98. The molecule has 1 unspecified atom stereocenters. The van der Waals surface area contributed by atoms with Gasteiger partial charge in [0.15, 0.2) is 11.5 Å². The molecule has 3 aromatic carbocycles. The Balaban J connectivity index is 1.77. The van der Waals surface area contributed by atoms with Crippen LogP contribution in [0.25, 0.3) is 0 Å². The summed E-state index contributed by atoms with van der Waals surface area (Å²) in [6, 6.07) is 25.7. The first-order valence-electron chi connectivity index (χ1n) is 9.32. The van der Waals surface area contributed by atoms with Crippen LogP contribution >= 0.6 is 35.6 Å². The average Bonchev–Trinajstić information content (AvgIpc) is 3.01. The lowest BCUT2D eigenvalue weighted by Crippen LogP contribution is -2.43. The molecule has 0 amide bonds. The topological polar surface area (TPSA) is 40.5 Å². The fourth-order valence-corrected chi connectivity index (χ4v) is 4.96. The highest BCUT2D eigenvalue weighted by Crippen LogP contribution is 2.49. The number of hydrogen-bond acceptors (Lipinski definition) is 4. The van der Waals surface area contributed by atoms with Gasteiger partial charge in [-0.25, -0.2) is 0 Å². The smallest absolute Gasteiger partial charge is 0.199 e. The van der Waals surface area contributed by atoms with Gasteiger partial charge in [0.25, 0.3) is 0 Å². The largest absolute Gasteiger partial charge is 0.363 e. The maximum Gasteiger partial charge on any atom is 0.199 e. The summed E-state index contributed by atoms with van der Waals surface area (Å²) >= 11 is 12.9. The quantitative estimate of drug-likeness (QED) is 0.302. The van der Waals surface area contributed by atoms with Gasteiger partial charge in [-0.05, 0) is 17.7 Å². The fourth-order valence-electron chi connectivity index (χ4n) is 3.34. The molecule has 150 valence electrons. The second kappa shape index (κ2) is 8.74. The third-order valence-electron chi connectivity index (χ3n) is 4.90. The molecule has 0 aliphatic carbocycles. The van der Waals surface area contributed by atoms with E-state index in [1.165, 1.54) is 17.8 Å². The number of thiocarbonyl (C=S) groups is 1. The molecule has 0 spiro atoms. The van der Waals surface area contributed by atoms with Gasteiger partial charge >= 0.3 is 0 Å². The molecule has 0 saturated carbocycles. The van der Waals surface area contributed by atoms with E-state index >= 15 is 0 Å². The Hall–Kier alpha value is -2.44. The van der Waals surface area contributed by atoms with Gasteiger partial charge in [0.1, 0.15) is 4.32 Å². The van der Waals surface area contributed by atoms with Gasteiger partial charge in [0.2, 0.25) is 0 Å². The van der Waals surface area contributed by atoms with Crippen molar-refractivity contribution in [1.29, 1.82) is 0 Å². The van der Waals surface area contributed by atoms with Crippen molar-refractivity contribution in [2.24, 2.45) is 0 Å². The first kappa shape index (κ1) is 20.8. The molecule has 1 aliphatic rings. The second-order valence-electron chi connectivity index (χ2n) is 6.86. The standard InChI is InChI=1S/C24H18ClNO2S2/c25-20-13-11-17(12-14-20)16-26-23(29)30-22(15-21(27)18-7-3-1-4-8-18)24(26,28)19-9-5-2-6-10-19/h1-15,28H,16H2/b22-15-. The first-order valence-corrected chi connectivity index (χ1v) is 10.9. The van der Waals surface area contributed by atoms with E-state index < -0.39 is 5.72 Å². The molecule has 1 N–H and O–H groups in total. The van der Waals surface area contributed by atoms with Crippen LogP contribution in [0.3, 0.4) is 0 Å². The van der Waals surface area contributed by atoms with Gasteiger partial charge in [-0.15, -0.1) is 0 Å². The Morgan fingerprint density at radius 2 is 1.60 bits per heavy atom. The van der Waals surface area contributed by atoms with E-state index in [0.717, 1.165) is 5.56 Å². The zero-order chi connectivity index (χ0) is 21.1. The van der Waals surface area contributed by atoms with Crippen molar-refractivity contribution in [2.75, 3.05) is 0 Å². The molecule has 1 fully saturated rings. The van der Waals surface area contributed by atoms with E-state index in [1.807, 2.05) is 60.7 Å². The van der Waals surface area contributed by atoms with E-state index in [0.29, 0.717) is 31.9 Å². The summed E-state index contributed by atoms with van der Waals surface area (Å²) in [5.74, 6) is -0.177. The zero-order valence-corrected chi connectivity index (χ0v) is 18.3. The number of carbonyl (C=O) groups is 1. The van der Waals surface area contributed by atoms with Crippen molar-refractivity contribution < 1.29 is 9.90 Å². The number of thioether (sulfide) groups is 1. The predicted molar refractivity (Wildman–Crippen MR) is 126 cm³/mol. The Kier molecular flexibility index (Phi) is 6.06. The van der Waals surface area contributed by atoms with Crippen molar-refractivity contribution in [1.82, 2.24) is 4.90 Å². The highest BCUT2D eigenvalue weighted by molar-refractivity contribution is 8.25. The normalized spacial score (nSPS) is 20.0. The third kappa shape index (κ3) is 4.07. The van der Waals surface area contributed by atoms with Gasteiger partial charge in [-0.3, -0.25) is 4.79 Å². The lowest BCUT2D eigenvalue weighted by Gasteiger charge is -2.35. The molecule has 6 heteroatoms. The maximum atomic E-state index is 12.9.